The van der Waals surface area contributed by atoms with Crippen LogP contribution in [0.25, 0.3) is 0 Å². The molecule has 0 fully saturated rings. The largest absolute Gasteiger partial charge is 0.459 e. The van der Waals surface area contributed by atoms with Crippen molar-refractivity contribution in [2.75, 3.05) is 26.0 Å². The average Bonchev–Trinajstić information content (AvgIpc) is 3.23. The van der Waals surface area contributed by atoms with Gasteiger partial charge in [0.15, 0.2) is 5.76 Å². The van der Waals surface area contributed by atoms with E-state index in [-0.39, 0.29) is 29.4 Å². The minimum Gasteiger partial charge on any atom is -0.459 e. The topological polar surface area (TPSA) is 74.6 Å². The first-order chi connectivity index (χ1) is 13.9. The van der Waals surface area contributed by atoms with Crippen molar-refractivity contribution in [3.05, 3.63) is 89.6 Å². The van der Waals surface area contributed by atoms with E-state index in [0.29, 0.717) is 17.8 Å². The van der Waals surface area contributed by atoms with Crippen LogP contribution in [0.4, 0.5) is 10.1 Å². The molecule has 3 rings (SSSR count). The number of hydrogen-bond donors (Lipinski definition) is 2. The number of anilines is 1. The van der Waals surface area contributed by atoms with E-state index in [0.717, 1.165) is 5.56 Å². The van der Waals surface area contributed by atoms with Crippen LogP contribution in [-0.4, -0.2) is 37.4 Å². The third kappa shape index (κ3) is 5.30. The minimum atomic E-state index is -0.365. The Morgan fingerprint density at radius 3 is 2.41 bits per heavy atom. The number of carbonyl (C=O) groups excluding carboxylic acids is 2. The van der Waals surface area contributed by atoms with Crippen molar-refractivity contribution in [3.63, 3.8) is 0 Å². The molecular formula is C22H22FN3O3. The van der Waals surface area contributed by atoms with Crippen LogP contribution in [0, 0.1) is 5.82 Å². The molecule has 1 unspecified atom stereocenters. The minimum absolute atomic E-state index is 0.165. The van der Waals surface area contributed by atoms with E-state index in [1.807, 2.05) is 25.1 Å². The van der Waals surface area contributed by atoms with Gasteiger partial charge in [-0.05, 0) is 68.2 Å². The fourth-order valence-corrected chi connectivity index (χ4v) is 2.91. The molecule has 0 bridgehead atoms. The van der Waals surface area contributed by atoms with Gasteiger partial charge in [0.25, 0.3) is 11.8 Å². The van der Waals surface area contributed by atoms with Crippen LogP contribution < -0.4 is 10.6 Å². The summed E-state index contributed by atoms with van der Waals surface area (Å²) >= 11 is 0. The molecule has 150 valence electrons. The first-order valence-corrected chi connectivity index (χ1v) is 9.09. The molecule has 6 nitrogen and oxygen atoms in total. The second-order valence-corrected chi connectivity index (χ2v) is 6.75. The van der Waals surface area contributed by atoms with Gasteiger partial charge in [0, 0.05) is 17.8 Å². The maximum atomic E-state index is 13.5. The Labute approximate surface area is 168 Å². The highest BCUT2D eigenvalue weighted by Crippen LogP contribution is 2.19. The molecule has 2 amide bonds. The van der Waals surface area contributed by atoms with Gasteiger partial charge in [0.05, 0.1) is 12.3 Å². The van der Waals surface area contributed by atoms with Gasteiger partial charge < -0.3 is 20.0 Å². The van der Waals surface area contributed by atoms with Gasteiger partial charge >= 0.3 is 0 Å². The standard InChI is InChI=1S/C22H22FN3O3/c1-26(2)19(16-5-3-6-17(23)13-16)14-24-21(27)15-8-10-18(11-9-15)25-22(28)20-7-4-12-29-20/h3-13,19H,14H2,1-2H3,(H,24,27)(H,25,28). The Balaban J connectivity index is 1.60. The van der Waals surface area contributed by atoms with E-state index in [1.165, 1.54) is 18.4 Å². The number of rotatable bonds is 7. The highest BCUT2D eigenvalue weighted by molar-refractivity contribution is 6.02. The predicted octanol–water partition coefficient (Wildman–Crippen LogP) is 3.70. The van der Waals surface area contributed by atoms with Gasteiger partial charge in [-0.2, -0.15) is 0 Å². The van der Waals surface area contributed by atoms with Crippen LogP contribution in [0.2, 0.25) is 0 Å². The quantitative estimate of drug-likeness (QED) is 0.640. The molecule has 3 aromatic rings. The zero-order chi connectivity index (χ0) is 20.8. The summed E-state index contributed by atoms with van der Waals surface area (Å²) in [6, 6.07) is 15.9. The number of benzene rings is 2. The zero-order valence-corrected chi connectivity index (χ0v) is 16.2. The smallest absolute Gasteiger partial charge is 0.291 e. The average molecular weight is 395 g/mol. The number of nitrogens with one attached hydrogen (secondary N) is 2. The van der Waals surface area contributed by atoms with Crippen LogP contribution in [0.5, 0.6) is 0 Å². The van der Waals surface area contributed by atoms with Crippen molar-refractivity contribution >= 4 is 17.5 Å². The normalized spacial score (nSPS) is 11.9. The fourth-order valence-electron chi connectivity index (χ4n) is 2.91. The monoisotopic (exact) mass is 395 g/mol. The summed E-state index contributed by atoms with van der Waals surface area (Å²) in [6.45, 7) is 0.326. The molecule has 0 saturated heterocycles. The molecule has 2 N–H and O–H groups in total. The molecule has 0 aliphatic heterocycles. The Morgan fingerprint density at radius 2 is 1.79 bits per heavy atom. The lowest BCUT2D eigenvalue weighted by Crippen LogP contribution is -2.34. The van der Waals surface area contributed by atoms with Crippen molar-refractivity contribution < 1.29 is 18.4 Å². The molecule has 1 aromatic heterocycles. The van der Waals surface area contributed by atoms with Crippen molar-refractivity contribution in [2.45, 2.75) is 6.04 Å². The van der Waals surface area contributed by atoms with Crippen LogP contribution in [0.1, 0.15) is 32.5 Å². The third-order valence-electron chi connectivity index (χ3n) is 4.46. The molecule has 1 atom stereocenters. The summed E-state index contributed by atoms with van der Waals surface area (Å²) < 4.78 is 18.6. The summed E-state index contributed by atoms with van der Waals surface area (Å²) in [5.41, 5.74) is 1.79. The lowest BCUT2D eigenvalue weighted by Gasteiger charge is -2.25. The summed E-state index contributed by atoms with van der Waals surface area (Å²) in [4.78, 5) is 26.4. The van der Waals surface area contributed by atoms with Gasteiger partial charge in [-0.3, -0.25) is 9.59 Å². The molecule has 2 aromatic carbocycles. The number of halogens is 1. The van der Waals surface area contributed by atoms with Crippen LogP contribution in [0.3, 0.4) is 0 Å². The molecule has 0 saturated carbocycles. The highest BCUT2D eigenvalue weighted by Gasteiger charge is 2.17. The second-order valence-electron chi connectivity index (χ2n) is 6.75. The molecule has 29 heavy (non-hydrogen) atoms. The zero-order valence-electron chi connectivity index (χ0n) is 16.2. The lowest BCUT2D eigenvalue weighted by atomic mass is 10.1. The van der Waals surface area contributed by atoms with Crippen molar-refractivity contribution in [3.8, 4) is 0 Å². The van der Waals surface area contributed by atoms with Gasteiger partial charge in [-0.1, -0.05) is 12.1 Å². The number of hydrogen-bond acceptors (Lipinski definition) is 4. The van der Waals surface area contributed by atoms with Crippen molar-refractivity contribution in [2.24, 2.45) is 0 Å². The Kier molecular flexibility index (Phi) is 6.41. The Bertz CT molecular complexity index is 969. The van der Waals surface area contributed by atoms with Crippen molar-refractivity contribution in [1.82, 2.24) is 10.2 Å². The number of furan rings is 1. The van der Waals surface area contributed by atoms with Crippen LogP contribution >= 0.6 is 0 Å². The predicted molar refractivity (Wildman–Crippen MR) is 108 cm³/mol. The highest BCUT2D eigenvalue weighted by atomic mass is 19.1. The molecule has 0 spiro atoms. The van der Waals surface area contributed by atoms with E-state index in [4.69, 9.17) is 4.42 Å². The lowest BCUT2D eigenvalue weighted by molar-refractivity contribution is 0.0941. The maximum absolute atomic E-state index is 13.5. The number of likely N-dealkylation sites (N-methyl/N-ethyl adjacent to an activating group) is 1. The molecule has 1 heterocycles. The molecule has 7 heteroatoms. The number of amides is 2. The van der Waals surface area contributed by atoms with E-state index < -0.39 is 0 Å². The molecule has 0 aliphatic rings. The fraction of sp³-hybridized carbons (Fsp3) is 0.182. The summed E-state index contributed by atoms with van der Waals surface area (Å²) in [5.74, 6) is -0.722. The third-order valence-corrected chi connectivity index (χ3v) is 4.46. The summed E-state index contributed by atoms with van der Waals surface area (Å²) in [5, 5.41) is 5.57. The van der Waals surface area contributed by atoms with Crippen LogP contribution in [0.15, 0.2) is 71.3 Å². The van der Waals surface area contributed by atoms with E-state index >= 15 is 0 Å². The Morgan fingerprint density at radius 1 is 1.03 bits per heavy atom. The first kappa shape index (κ1) is 20.3. The molecule has 0 radical (unpaired) electrons. The van der Waals surface area contributed by atoms with Gasteiger partial charge in [0.1, 0.15) is 5.82 Å². The Hall–Kier alpha value is -3.45. The maximum Gasteiger partial charge on any atom is 0.291 e. The van der Waals surface area contributed by atoms with Crippen molar-refractivity contribution in [1.29, 1.82) is 0 Å². The van der Waals surface area contributed by atoms with Gasteiger partial charge in [0.2, 0.25) is 0 Å². The summed E-state index contributed by atoms with van der Waals surface area (Å²) in [7, 11) is 3.75. The molecular weight excluding hydrogens is 373 g/mol. The van der Waals surface area contributed by atoms with Gasteiger partial charge in [-0.25, -0.2) is 4.39 Å². The summed E-state index contributed by atoms with van der Waals surface area (Å²) in [6.07, 6.45) is 1.42. The number of nitrogens with zero attached hydrogens (tertiary/aromatic N) is 1. The van der Waals surface area contributed by atoms with E-state index in [9.17, 15) is 14.0 Å². The number of carbonyl (C=O) groups is 2. The van der Waals surface area contributed by atoms with Crippen LogP contribution in [-0.2, 0) is 0 Å². The SMILES string of the molecule is CN(C)C(CNC(=O)c1ccc(NC(=O)c2ccco2)cc1)c1cccc(F)c1. The van der Waals surface area contributed by atoms with E-state index in [2.05, 4.69) is 10.6 Å². The van der Waals surface area contributed by atoms with Gasteiger partial charge in [-0.15, -0.1) is 0 Å². The van der Waals surface area contributed by atoms with E-state index in [1.54, 1.807) is 42.5 Å². The first-order valence-electron chi connectivity index (χ1n) is 9.09. The second kappa shape index (κ2) is 9.16. The molecule has 0 aliphatic carbocycles.